The molecule has 0 radical (unpaired) electrons. The zero-order chi connectivity index (χ0) is 12.8. The second kappa shape index (κ2) is 4.09. The fraction of sp³-hybridized carbons (Fsp3) is 0.533. The third-order valence-corrected chi connectivity index (χ3v) is 4.58. The van der Waals surface area contributed by atoms with Crippen molar-refractivity contribution in [2.24, 2.45) is 11.1 Å². The molecule has 1 amide bonds. The Morgan fingerprint density at radius 1 is 1.44 bits per heavy atom. The molecule has 0 bridgehead atoms. The standard InChI is InChI=1S/C15H20N2O/c1-11-9-12-5-2-3-6-13(12)17(11)14(18)15(10-16)7-4-8-15/h2-3,5-6,11H,4,7-10,16H2,1H3. The van der Waals surface area contributed by atoms with Gasteiger partial charge in [-0.3, -0.25) is 4.79 Å². The van der Waals surface area contributed by atoms with E-state index in [0.717, 1.165) is 31.4 Å². The summed E-state index contributed by atoms with van der Waals surface area (Å²) in [6.07, 6.45) is 4.00. The molecule has 1 aromatic rings. The van der Waals surface area contributed by atoms with Crippen LogP contribution in [0.5, 0.6) is 0 Å². The smallest absolute Gasteiger partial charge is 0.234 e. The minimum Gasteiger partial charge on any atom is -0.329 e. The average molecular weight is 244 g/mol. The van der Waals surface area contributed by atoms with Crippen molar-refractivity contribution in [2.75, 3.05) is 11.4 Å². The highest BCUT2D eigenvalue weighted by molar-refractivity contribution is 6.00. The minimum atomic E-state index is -0.272. The minimum absolute atomic E-state index is 0.244. The van der Waals surface area contributed by atoms with Gasteiger partial charge >= 0.3 is 0 Å². The fourth-order valence-corrected chi connectivity index (χ4v) is 3.24. The van der Waals surface area contributed by atoms with Crippen molar-refractivity contribution in [3.63, 3.8) is 0 Å². The number of rotatable bonds is 2. The molecule has 1 aliphatic heterocycles. The Morgan fingerprint density at radius 3 is 2.78 bits per heavy atom. The molecular weight excluding hydrogens is 224 g/mol. The number of anilines is 1. The highest BCUT2D eigenvalue weighted by Gasteiger charge is 2.47. The van der Waals surface area contributed by atoms with Crippen molar-refractivity contribution in [3.8, 4) is 0 Å². The van der Waals surface area contributed by atoms with Crippen LogP contribution in [0.15, 0.2) is 24.3 Å². The maximum Gasteiger partial charge on any atom is 0.234 e. The summed E-state index contributed by atoms with van der Waals surface area (Å²) < 4.78 is 0. The van der Waals surface area contributed by atoms with Crippen LogP contribution >= 0.6 is 0 Å². The van der Waals surface area contributed by atoms with Crippen molar-refractivity contribution in [1.82, 2.24) is 0 Å². The maximum absolute atomic E-state index is 12.8. The van der Waals surface area contributed by atoms with E-state index in [1.54, 1.807) is 0 Å². The van der Waals surface area contributed by atoms with Crippen LogP contribution in [0.4, 0.5) is 5.69 Å². The molecule has 1 saturated carbocycles. The van der Waals surface area contributed by atoms with E-state index in [2.05, 4.69) is 19.1 Å². The molecular formula is C15H20N2O. The van der Waals surface area contributed by atoms with E-state index in [-0.39, 0.29) is 17.4 Å². The molecule has 1 unspecified atom stereocenters. The Bertz CT molecular complexity index is 474. The summed E-state index contributed by atoms with van der Waals surface area (Å²) in [5.74, 6) is 0.244. The molecule has 2 aliphatic rings. The molecule has 0 aromatic heterocycles. The zero-order valence-corrected chi connectivity index (χ0v) is 10.9. The van der Waals surface area contributed by atoms with Crippen LogP contribution in [0, 0.1) is 5.41 Å². The lowest BCUT2D eigenvalue weighted by molar-refractivity contribution is -0.132. The topological polar surface area (TPSA) is 46.3 Å². The predicted molar refractivity (Wildman–Crippen MR) is 72.4 cm³/mol. The van der Waals surface area contributed by atoms with Gasteiger partial charge in [-0.15, -0.1) is 0 Å². The second-order valence-electron chi connectivity index (χ2n) is 5.70. The molecule has 0 saturated heterocycles. The molecule has 1 heterocycles. The average Bonchev–Trinajstić information content (AvgIpc) is 2.63. The van der Waals surface area contributed by atoms with Gasteiger partial charge in [0.05, 0.1) is 5.41 Å². The number of hydrogen-bond acceptors (Lipinski definition) is 2. The molecule has 3 heteroatoms. The summed E-state index contributed by atoms with van der Waals surface area (Å²) in [6.45, 7) is 2.61. The van der Waals surface area contributed by atoms with Gasteiger partial charge in [0.15, 0.2) is 0 Å². The Balaban J connectivity index is 1.95. The molecule has 0 spiro atoms. The van der Waals surface area contributed by atoms with Crippen LogP contribution in [0.1, 0.15) is 31.7 Å². The predicted octanol–water partition coefficient (Wildman–Crippen LogP) is 2.09. The van der Waals surface area contributed by atoms with Crippen molar-refractivity contribution >= 4 is 11.6 Å². The first-order chi connectivity index (χ1) is 8.68. The van der Waals surface area contributed by atoms with Crippen LogP contribution in [0.25, 0.3) is 0 Å². The van der Waals surface area contributed by atoms with E-state index in [4.69, 9.17) is 5.73 Å². The molecule has 2 N–H and O–H groups in total. The first kappa shape index (κ1) is 11.7. The first-order valence-corrected chi connectivity index (χ1v) is 6.79. The SMILES string of the molecule is CC1Cc2ccccc2N1C(=O)C1(CN)CCC1. The van der Waals surface area contributed by atoms with Crippen LogP contribution in [-0.4, -0.2) is 18.5 Å². The van der Waals surface area contributed by atoms with Gasteiger partial charge < -0.3 is 10.6 Å². The van der Waals surface area contributed by atoms with Gasteiger partial charge in [0.25, 0.3) is 0 Å². The monoisotopic (exact) mass is 244 g/mol. The highest BCUT2D eigenvalue weighted by atomic mass is 16.2. The summed E-state index contributed by atoms with van der Waals surface area (Å²) in [5, 5.41) is 0. The van der Waals surface area contributed by atoms with Crippen molar-refractivity contribution in [3.05, 3.63) is 29.8 Å². The number of fused-ring (bicyclic) bond motifs is 1. The third kappa shape index (κ3) is 1.50. The molecule has 1 fully saturated rings. The number of carbonyl (C=O) groups is 1. The number of hydrogen-bond donors (Lipinski definition) is 1. The van der Waals surface area contributed by atoms with Crippen LogP contribution in [0.2, 0.25) is 0 Å². The molecule has 1 aromatic carbocycles. The summed E-state index contributed by atoms with van der Waals surface area (Å²) >= 11 is 0. The lowest BCUT2D eigenvalue weighted by Gasteiger charge is -2.43. The van der Waals surface area contributed by atoms with Crippen LogP contribution in [0.3, 0.4) is 0 Å². The molecule has 1 aliphatic carbocycles. The summed E-state index contributed by atoms with van der Waals surface area (Å²) in [4.78, 5) is 14.8. The second-order valence-corrected chi connectivity index (χ2v) is 5.70. The first-order valence-electron chi connectivity index (χ1n) is 6.79. The summed E-state index contributed by atoms with van der Waals surface area (Å²) in [7, 11) is 0. The zero-order valence-electron chi connectivity index (χ0n) is 10.9. The molecule has 3 rings (SSSR count). The van der Waals surface area contributed by atoms with Crippen molar-refractivity contribution in [2.45, 2.75) is 38.6 Å². The van der Waals surface area contributed by atoms with Crippen LogP contribution < -0.4 is 10.6 Å². The number of carbonyl (C=O) groups excluding carboxylic acids is 1. The Morgan fingerprint density at radius 2 is 2.17 bits per heavy atom. The lowest BCUT2D eigenvalue weighted by Crippen LogP contribution is -2.53. The molecule has 1 atom stereocenters. The van der Waals surface area contributed by atoms with Gasteiger partial charge in [-0.25, -0.2) is 0 Å². The Kier molecular flexibility index (Phi) is 2.67. The number of amides is 1. The van der Waals surface area contributed by atoms with Gasteiger partial charge in [-0.05, 0) is 37.8 Å². The van der Waals surface area contributed by atoms with Crippen molar-refractivity contribution < 1.29 is 4.79 Å². The maximum atomic E-state index is 12.8. The van der Waals surface area contributed by atoms with Gasteiger partial charge in [-0.1, -0.05) is 24.6 Å². The van der Waals surface area contributed by atoms with Crippen LogP contribution in [-0.2, 0) is 11.2 Å². The normalized spacial score (nSPS) is 24.6. The summed E-state index contributed by atoms with van der Waals surface area (Å²) in [5.41, 5.74) is 7.96. The third-order valence-electron chi connectivity index (χ3n) is 4.58. The van der Waals surface area contributed by atoms with E-state index in [1.165, 1.54) is 5.56 Å². The molecule has 3 nitrogen and oxygen atoms in total. The van der Waals surface area contributed by atoms with Gasteiger partial charge in [0, 0.05) is 18.3 Å². The summed E-state index contributed by atoms with van der Waals surface area (Å²) in [6, 6.07) is 8.49. The number of benzene rings is 1. The Hall–Kier alpha value is -1.35. The van der Waals surface area contributed by atoms with Gasteiger partial charge in [-0.2, -0.15) is 0 Å². The Labute approximate surface area is 108 Å². The van der Waals surface area contributed by atoms with E-state index in [9.17, 15) is 4.79 Å². The molecule has 18 heavy (non-hydrogen) atoms. The number of para-hydroxylation sites is 1. The molecule has 96 valence electrons. The largest absolute Gasteiger partial charge is 0.329 e. The highest BCUT2D eigenvalue weighted by Crippen LogP contribution is 2.44. The van der Waals surface area contributed by atoms with Gasteiger partial charge in [0.1, 0.15) is 0 Å². The number of nitrogens with zero attached hydrogens (tertiary/aromatic N) is 1. The fourth-order valence-electron chi connectivity index (χ4n) is 3.24. The van der Waals surface area contributed by atoms with Crippen molar-refractivity contribution in [1.29, 1.82) is 0 Å². The quantitative estimate of drug-likeness (QED) is 0.866. The van der Waals surface area contributed by atoms with Gasteiger partial charge in [0.2, 0.25) is 5.91 Å². The van der Waals surface area contributed by atoms with E-state index in [0.29, 0.717) is 6.54 Å². The van der Waals surface area contributed by atoms with E-state index < -0.39 is 0 Å². The van der Waals surface area contributed by atoms with E-state index in [1.807, 2.05) is 17.0 Å². The lowest BCUT2D eigenvalue weighted by atomic mass is 9.67. The van der Waals surface area contributed by atoms with E-state index >= 15 is 0 Å². The number of nitrogens with two attached hydrogens (primary N) is 1.